The Labute approximate surface area is 591 Å². The summed E-state index contributed by atoms with van der Waals surface area (Å²) in [5.74, 6) is -13.4. The van der Waals surface area contributed by atoms with E-state index in [-0.39, 0.29) is 178 Å². The molecule has 0 aromatic carbocycles. The van der Waals surface area contributed by atoms with Crippen LogP contribution in [0.2, 0.25) is 0 Å². The van der Waals surface area contributed by atoms with Gasteiger partial charge in [0.15, 0.2) is 29.8 Å². The monoisotopic (exact) mass is 1450 g/mol. The summed E-state index contributed by atoms with van der Waals surface area (Å²) in [5.41, 5.74) is 73.0. The number of unbranched alkanes of at least 4 members (excludes halogenated alkanes) is 2. The van der Waals surface area contributed by atoms with Crippen LogP contribution in [-0.2, 0) is 57.5 Å². The van der Waals surface area contributed by atoms with E-state index in [1.807, 2.05) is 0 Å². The highest BCUT2D eigenvalue weighted by Crippen LogP contribution is 2.20. The summed E-state index contributed by atoms with van der Waals surface area (Å²) in [6, 6.07) is -14.6. The molecule has 1 aliphatic rings. The second-order valence-corrected chi connectivity index (χ2v) is 24.3. The fraction of sp³-hybridized carbons (Fsp3) is 0.712. The highest BCUT2D eigenvalue weighted by atomic mass is 16.4. The van der Waals surface area contributed by atoms with Gasteiger partial charge in [-0.1, -0.05) is 0 Å². The maximum absolute atomic E-state index is 14.8. The van der Waals surface area contributed by atoms with Crippen LogP contribution in [0.4, 0.5) is 0 Å². The molecule has 1 aliphatic heterocycles. The molecule has 1 rings (SSSR count). The summed E-state index contributed by atoms with van der Waals surface area (Å²) >= 11 is 0. The Morgan fingerprint density at radius 1 is 0.431 bits per heavy atom. The number of likely N-dealkylation sites (tertiary alicyclic amines) is 1. The quantitative estimate of drug-likeness (QED) is 0.0153. The SMILES string of the molecule is C[C@@H](O)[C@H](N)C(=O)N1CCC[C@H]1C(=O)N[C@@H](CCCN=C(N)N)C(=O)N[C@@H](CCC(=O)O)C(=O)N[C@@H](CCCN=C(N)N)C(=O)N[C@@H](CCCN=C(N)N)C(=O)N[C@@H](CCCN=C(N)N)C(=O)N[C@@H](CCCCN)C(=O)N[C@@H](CCCCN)C(=O)N[C@@H](CCCN=C(N)N)C(=O)N(C)CC(=O)O. The van der Waals surface area contributed by atoms with Gasteiger partial charge < -0.3 is 142 Å². The average molecular weight is 1450 g/mol. The molecule has 102 heavy (non-hydrogen) atoms. The molecule has 11 atom stereocenters. The van der Waals surface area contributed by atoms with E-state index < -0.39 is 157 Å². The van der Waals surface area contributed by atoms with Gasteiger partial charge in [-0.2, -0.15) is 0 Å². The van der Waals surface area contributed by atoms with Crippen molar-refractivity contribution in [2.24, 2.45) is 99.5 Å². The van der Waals surface area contributed by atoms with E-state index in [1.165, 1.54) is 18.9 Å². The van der Waals surface area contributed by atoms with Crippen LogP contribution >= 0.6 is 0 Å². The summed E-state index contributed by atoms with van der Waals surface area (Å²) in [7, 11) is 1.22. The number of nitrogens with two attached hydrogens (primary N) is 13. The third-order valence-corrected chi connectivity index (χ3v) is 15.7. The highest BCUT2D eigenvalue weighted by Gasteiger charge is 2.40. The van der Waals surface area contributed by atoms with Gasteiger partial charge in [0, 0.05) is 52.7 Å². The van der Waals surface area contributed by atoms with Crippen LogP contribution in [0, 0.1) is 0 Å². The van der Waals surface area contributed by atoms with Crippen molar-refractivity contribution in [3.63, 3.8) is 0 Å². The molecule has 0 unspecified atom stereocenters. The minimum absolute atomic E-state index is 0.00803. The van der Waals surface area contributed by atoms with E-state index >= 15 is 0 Å². The molecular formula is C59H112N28O15. The number of carbonyl (C=O) groups is 12. The Bertz CT molecular complexity index is 2880. The number of aliphatic hydroxyl groups is 1. The summed E-state index contributed by atoms with van der Waals surface area (Å²) in [6.07, 6.45) is -1.66. The Morgan fingerprint density at radius 2 is 0.716 bits per heavy atom. The third kappa shape index (κ3) is 37.3. The first-order valence-electron chi connectivity index (χ1n) is 33.7. The lowest BCUT2D eigenvalue weighted by Gasteiger charge is -2.30. The Balaban J connectivity index is 3.94. The zero-order valence-corrected chi connectivity index (χ0v) is 58.2. The molecule has 0 aliphatic carbocycles. The van der Waals surface area contributed by atoms with Gasteiger partial charge in [-0.05, 0) is 142 Å². The van der Waals surface area contributed by atoms with E-state index in [1.54, 1.807) is 0 Å². The first-order valence-corrected chi connectivity index (χ1v) is 33.7. The normalized spacial score (nSPS) is 15.3. The number of guanidine groups is 5. The van der Waals surface area contributed by atoms with Crippen molar-refractivity contribution < 1.29 is 72.9 Å². The van der Waals surface area contributed by atoms with Crippen LogP contribution in [0.25, 0.3) is 0 Å². The van der Waals surface area contributed by atoms with Crippen molar-refractivity contribution in [3.05, 3.63) is 0 Å². The van der Waals surface area contributed by atoms with E-state index in [9.17, 15) is 72.9 Å². The number of carboxylic acids is 2. The minimum Gasteiger partial charge on any atom is -0.481 e. The number of carboxylic acid groups (broad SMARTS) is 2. The predicted octanol–water partition coefficient (Wildman–Crippen LogP) is -10.5. The molecule has 0 aromatic heterocycles. The Morgan fingerprint density at radius 3 is 1.00 bits per heavy atom. The number of amides is 10. The lowest BCUT2D eigenvalue weighted by Crippen LogP contribution is -2.60. The molecule has 0 radical (unpaired) electrons. The molecule has 0 bridgehead atoms. The number of aliphatic carboxylic acids is 2. The number of hydrogen-bond acceptors (Lipinski definition) is 21. The second kappa shape index (κ2) is 49.4. The van der Waals surface area contributed by atoms with Crippen LogP contribution in [-0.4, -0.2) is 258 Å². The highest BCUT2D eigenvalue weighted by molar-refractivity contribution is 5.99. The molecule has 43 heteroatoms. The van der Waals surface area contributed by atoms with Crippen LogP contribution in [0.5, 0.6) is 0 Å². The number of nitrogens with zero attached hydrogens (tertiary/aromatic N) is 7. The van der Waals surface area contributed by atoms with Crippen molar-refractivity contribution in [2.45, 2.75) is 202 Å². The molecule has 1 saturated heterocycles. The molecule has 1 heterocycles. The van der Waals surface area contributed by atoms with E-state index in [0.29, 0.717) is 19.3 Å². The van der Waals surface area contributed by atoms with Gasteiger partial charge in [0.1, 0.15) is 67.0 Å². The number of nitrogens with one attached hydrogen (secondary N) is 8. The van der Waals surface area contributed by atoms with Gasteiger partial charge in [-0.25, -0.2) is 0 Å². The lowest BCUT2D eigenvalue weighted by atomic mass is 10.0. The van der Waals surface area contributed by atoms with Crippen LogP contribution in [0.1, 0.15) is 135 Å². The number of aliphatic imine (C=N–C) groups is 5. The van der Waals surface area contributed by atoms with Crippen LogP contribution in [0.15, 0.2) is 25.0 Å². The van der Waals surface area contributed by atoms with E-state index in [0.717, 1.165) is 4.90 Å². The Kier molecular flexibility index (Phi) is 43.5. The fourth-order valence-electron chi connectivity index (χ4n) is 10.3. The number of hydrogen-bond donors (Lipinski definition) is 24. The van der Waals surface area contributed by atoms with Crippen LogP contribution < -0.4 is 117 Å². The van der Waals surface area contributed by atoms with Gasteiger partial charge in [-0.15, -0.1) is 0 Å². The minimum atomic E-state index is -1.74. The van der Waals surface area contributed by atoms with Crippen molar-refractivity contribution in [3.8, 4) is 0 Å². The molecule has 0 saturated carbocycles. The first-order chi connectivity index (χ1) is 48.1. The zero-order valence-electron chi connectivity index (χ0n) is 58.2. The molecular weight excluding hydrogens is 1340 g/mol. The number of carbonyl (C=O) groups excluding carboxylic acids is 10. The van der Waals surface area contributed by atoms with E-state index in [2.05, 4.69) is 67.5 Å². The topological polar surface area (TPSA) is 768 Å². The van der Waals surface area contributed by atoms with Crippen molar-refractivity contribution in [1.29, 1.82) is 0 Å². The molecule has 43 nitrogen and oxygen atoms in total. The van der Waals surface area contributed by atoms with E-state index in [4.69, 9.17) is 74.5 Å². The zero-order chi connectivity index (χ0) is 77.0. The predicted molar refractivity (Wildman–Crippen MR) is 377 cm³/mol. The molecule has 0 aromatic rings. The summed E-state index contributed by atoms with van der Waals surface area (Å²) < 4.78 is 0. The largest absolute Gasteiger partial charge is 0.481 e. The average Bonchev–Trinajstić information content (AvgIpc) is 1.72. The maximum atomic E-state index is 14.8. The van der Waals surface area contributed by atoms with Crippen LogP contribution in [0.3, 0.4) is 0 Å². The fourth-order valence-corrected chi connectivity index (χ4v) is 10.3. The van der Waals surface area contributed by atoms with Gasteiger partial charge >= 0.3 is 11.9 Å². The Hall–Kier alpha value is -10.2. The summed E-state index contributed by atoms with van der Waals surface area (Å²) in [4.78, 5) is 188. The smallest absolute Gasteiger partial charge is 0.323 e. The summed E-state index contributed by atoms with van der Waals surface area (Å²) in [6.45, 7) is 0.791. The molecule has 10 amide bonds. The number of rotatable bonds is 52. The second-order valence-electron chi connectivity index (χ2n) is 24.3. The van der Waals surface area contributed by atoms with Gasteiger partial charge in [0.2, 0.25) is 59.1 Å². The number of likely N-dealkylation sites (N-methyl/N-ethyl adjacent to an activating group) is 1. The summed E-state index contributed by atoms with van der Waals surface area (Å²) in [5, 5.41) is 50.1. The van der Waals surface area contributed by atoms with Crippen molar-refractivity contribution in [1.82, 2.24) is 52.3 Å². The molecule has 37 N–H and O–H groups in total. The lowest BCUT2D eigenvalue weighted by molar-refractivity contribution is -0.145. The van der Waals surface area contributed by atoms with Crippen molar-refractivity contribution >= 4 is 101 Å². The maximum Gasteiger partial charge on any atom is 0.323 e. The van der Waals surface area contributed by atoms with Crippen molar-refractivity contribution in [2.75, 3.05) is 66.0 Å². The molecule has 1 fully saturated rings. The standard InChI is InChI=1S/C59H112N28O15/c1-32(88)44(62)54(102)87-30-12-20-41(87)52(100)84-38(18-10-28-76-58(69)70)49(97)83-39(21-22-42(89)90)51(99)82-37(17-9-27-75-57(67)68)48(96)81-36(16-8-26-74-56(65)66)47(95)80-35(15-7-25-73-55(63)64)46(94)78-33(13-3-5-23-60)45(93)79-34(14-4-6-24-61)50(98)85-40(19-11-29-77-59(71)72)53(101)86(2)31-43(91)92/h32-41,44,88H,3-31,60-62H2,1-2H3,(H,78,94)(H,79,93)(H,80,95)(H,81,96)(H,82,99)(H,83,97)(H,84,100)(H,85,98)(H,89,90)(H,91,92)(H4,63,64,73)(H4,65,66,74)(H4,67,68,75)(H4,69,70,76)(H4,71,72,77)/t32-,33+,34+,35+,36+,37+,38+,39+,40+,41+,44+/m1/s1. The van der Waals surface area contributed by atoms with Gasteiger partial charge in [0.25, 0.3) is 0 Å². The number of aliphatic hydroxyl groups excluding tert-OH is 1. The first kappa shape index (κ1) is 89.8. The molecule has 578 valence electrons. The van der Waals surface area contributed by atoms with Gasteiger partial charge in [-0.3, -0.25) is 82.5 Å². The third-order valence-electron chi connectivity index (χ3n) is 15.7. The molecule has 0 spiro atoms. The van der Waals surface area contributed by atoms with Gasteiger partial charge in [0.05, 0.1) is 6.10 Å².